The number of benzene rings is 1. The Hall–Kier alpha value is -1.62. The Kier molecular flexibility index (Phi) is 3.52. The molecule has 0 aromatic heterocycles. The first kappa shape index (κ1) is 12.8. The van der Waals surface area contributed by atoms with Crippen LogP contribution in [0.25, 0.3) is 0 Å². The zero-order valence-electron chi connectivity index (χ0n) is 10.3. The molecule has 0 spiro atoms. The van der Waals surface area contributed by atoms with Gasteiger partial charge in [-0.2, -0.15) is 0 Å². The minimum Gasteiger partial charge on any atom is -0.465 e. The van der Waals surface area contributed by atoms with Gasteiger partial charge in [0.2, 0.25) is 0 Å². The number of piperidine rings is 1. The molecule has 1 fully saturated rings. The minimum atomic E-state index is -0.925. The molecule has 0 saturated carbocycles. The highest BCUT2D eigenvalue weighted by molar-refractivity contribution is 5.65. The van der Waals surface area contributed by atoms with Gasteiger partial charge in [-0.05, 0) is 30.5 Å². The van der Waals surface area contributed by atoms with Crippen LogP contribution in [0.1, 0.15) is 23.5 Å². The van der Waals surface area contributed by atoms with E-state index in [1.165, 1.54) is 11.0 Å². The fourth-order valence-electron chi connectivity index (χ4n) is 2.40. The van der Waals surface area contributed by atoms with Gasteiger partial charge in [-0.25, -0.2) is 9.18 Å². The molecule has 3 N–H and O–H groups in total. The maximum atomic E-state index is 13.2. The number of carboxylic acid groups (broad SMARTS) is 1. The third kappa shape index (κ3) is 2.46. The summed E-state index contributed by atoms with van der Waals surface area (Å²) in [6.45, 7) is 2.54. The van der Waals surface area contributed by atoms with Gasteiger partial charge in [0.15, 0.2) is 0 Å². The molecule has 18 heavy (non-hydrogen) atoms. The molecule has 1 aromatic carbocycles. The van der Waals surface area contributed by atoms with Crippen molar-refractivity contribution < 1.29 is 14.3 Å². The van der Waals surface area contributed by atoms with Crippen molar-refractivity contribution in [1.29, 1.82) is 0 Å². The Balaban J connectivity index is 2.24. The first-order chi connectivity index (χ1) is 8.49. The van der Waals surface area contributed by atoms with Crippen LogP contribution in [0, 0.1) is 12.7 Å². The van der Waals surface area contributed by atoms with Crippen molar-refractivity contribution in [2.24, 2.45) is 5.73 Å². The second-order valence-electron chi connectivity index (χ2n) is 4.80. The summed E-state index contributed by atoms with van der Waals surface area (Å²) in [7, 11) is 0. The summed E-state index contributed by atoms with van der Waals surface area (Å²) in [5, 5.41) is 9.01. The van der Waals surface area contributed by atoms with E-state index in [4.69, 9.17) is 10.8 Å². The van der Waals surface area contributed by atoms with E-state index in [1.807, 2.05) is 0 Å². The highest BCUT2D eigenvalue weighted by Crippen LogP contribution is 2.27. The Labute approximate surface area is 105 Å². The Morgan fingerprint density at radius 3 is 2.89 bits per heavy atom. The minimum absolute atomic E-state index is 0.0610. The van der Waals surface area contributed by atoms with E-state index >= 15 is 0 Å². The lowest BCUT2D eigenvalue weighted by Gasteiger charge is -2.35. The number of nitrogens with zero attached hydrogens (tertiary/aromatic N) is 1. The molecule has 1 saturated heterocycles. The number of nitrogens with two attached hydrogens (primary N) is 1. The van der Waals surface area contributed by atoms with Gasteiger partial charge >= 0.3 is 6.09 Å². The lowest BCUT2D eigenvalue weighted by atomic mass is 9.86. The summed E-state index contributed by atoms with van der Waals surface area (Å²) in [6.07, 6.45) is -0.293. The van der Waals surface area contributed by atoms with Gasteiger partial charge in [-0.15, -0.1) is 0 Å². The largest absolute Gasteiger partial charge is 0.465 e. The SMILES string of the molecule is Cc1cc(C2CN(C(=O)O)CCC2N)ccc1F. The zero-order valence-corrected chi connectivity index (χ0v) is 10.3. The van der Waals surface area contributed by atoms with Crippen LogP contribution in [0.2, 0.25) is 0 Å². The quantitative estimate of drug-likeness (QED) is 0.802. The van der Waals surface area contributed by atoms with Crippen LogP contribution in [0.4, 0.5) is 9.18 Å². The molecule has 2 atom stereocenters. The third-order valence-corrected chi connectivity index (χ3v) is 3.55. The van der Waals surface area contributed by atoms with Crippen molar-refractivity contribution in [1.82, 2.24) is 4.90 Å². The van der Waals surface area contributed by atoms with Gasteiger partial charge in [-0.1, -0.05) is 12.1 Å². The molecule has 2 unspecified atom stereocenters. The van der Waals surface area contributed by atoms with E-state index in [9.17, 15) is 9.18 Å². The van der Waals surface area contributed by atoms with Crippen molar-refractivity contribution in [3.05, 3.63) is 35.1 Å². The van der Waals surface area contributed by atoms with E-state index in [1.54, 1.807) is 19.1 Å². The number of hydrogen-bond acceptors (Lipinski definition) is 2. The number of rotatable bonds is 1. The Morgan fingerprint density at radius 2 is 2.28 bits per heavy atom. The van der Waals surface area contributed by atoms with Crippen LogP contribution in [0.3, 0.4) is 0 Å². The standard InChI is InChI=1S/C13H17FN2O2/c1-8-6-9(2-3-11(8)14)10-7-16(13(17)18)5-4-12(10)15/h2-3,6,10,12H,4-5,7,15H2,1H3,(H,17,18). The molecule has 1 aliphatic rings. The zero-order chi connectivity index (χ0) is 13.3. The lowest BCUT2D eigenvalue weighted by molar-refractivity contribution is 0.126. The normalized spacial score (nSPS) is 24.1. The molecule has 0 radical (unpaired) electrons. The summed E-state index contributed by atoms with van der Waals surface area (Å²) >= 11 is 0. The molecule has 5 heteroatoms. The van der Waals surface area contributed by atoms with E-state index in [-0.39, 0.29) is 17.8 Å². The Morgan fingerprint density at radius 1 is 1.56 bits per heavy atom. The summed E-state index contributed by atoms with van der Waals surface area (Å²) in [5.41, 5.74) is 7.52. The first-order valence-electron chi connectivity index (χ1n) is 5.98. The van der Waals surface area contributed by atoms with Gasteiger partial charge in [0.05, 0.1) is 0 Å². The average molecular weight is 252 g/mol. The third-order valence-electron chi connectivity index (χ3n) is 3.55. The predicted molar refractivity (Wildman–Crippen MR) is 66.1 cm³/mol. The molecule has 0 aliphatic carbocycles. The van der Waals surface area contributed by atoms with Crippen molar-refractivity contribution in [2.45, 2.75) is 25.3 Å². The number of hydrogen-bond donors (Lipinski definition) is 2. The lowest BCUT2D eigenvalue weighted by Crippen LogP contribution is -2.47. The summed E-state index contributed by atoms with van der Waals surface area (Å²) in [6, 6.07) is 4.78. The van der Waals surface area contributed by atoms with Gasteiger partial charge in [0.1, 0.15) is 5.82 Å². The fraction of sp³-hybridized carbons (Fsp3) is 0.462. The van der Waals surface area contributed by atoms with Gasteiger partial charge in [0, 0.05) is 25.0 Å². The van der Waals surface area contributed by atoms with Crippen LogP contribution < -0.4 is 5.73 Å². The van der Waals surface area contributed by atoms with E-state index in [2.05, 4.69) is 0 Å². The number of likely N-dealkylation sites (tertiary alicyclic amines) is 1. The molecule has 0 bridgehead atoms. The molecule has 98 valence electrons. The van der Waals surface area contributed by atoms with Crippen molar-refractivity contribution in [2.75, 3.05) is 13.1 Å². The number of amides is 1. The maximum absolute atomic E-state index is 13.2. The molecule has 1 aliphatic heterocycles. The molecular formula is C13H17FN2O2. The Bertz CT molecular complexity index is 464. The van der Waals surface area contributed by atoms with Crippen LogP contribution >= 0.6 is 0 Å². The van der Waals surface area contributed by atoms with Crippen molar-refractivity contribution in [3.63, 3.8) is 0 Å². The van der Waals surface area contributed by atoms with E-state index in [0.717, 1.165) is 5.56 Å². The monoisotopic (exact) mass is 252 g/mol. The molecule has 1 heterocycles. The van der Waals surface area contributed by atoms with Gasteiger partial charge in [-0.3, -0.25) is 0 Å². The fourth-order valence-corrected chi connectivity index (χ4v) is 2.40. The van der Waals surface area contributed by atoms with Crippen LogP contribution in [0.15, 0.2) is 18.2 Å². The summed E-state index contributed by atoms with van der Waals surface area (Å²) < 4.78 is 13.2. The topological polar surface area (TPSA) is 66.6 Å². The first-order valence-corrected chi connectivity index (χ1v) is 5.98. The predicted octanol–water partition coefficient (Wildman–Crippen LogP) is 1.93. The molecule has 1 aromatic rings. The van der Waals surface area contributed by atoms with Crippen LogP contribution in [-0.2, 0) is 0 Å². The van der Waals surface area contributed by atoms with Crippen molar-refractivity contribution >= 4 is 6.09 Å². The van der Waals surface area contributed by atoms with Crippen LogP contribution in [0.5, 0.6) is 0 Å². The number of aryl methyl sites for hydroxylation is 1. The molecule has 4 nitrogen and oxygen atoms in total. The second-order valence-corrected chi connectivity index (χ2v) is 4.80. The summed E-state index contributed by atoms with van der Waals surface area (Å²) in [5.74, 6) is -0.313. The van der Waals surface area contributed by atoms with Crippen LogP contribution in [-0.4, -0.2) is 35.2 Å². The van der Waals surface area contributed by atoms with E-state index in [0.29, 0.717) is 25.1 Å². The highest BCUT2D eigenvalue weighted by Gasteiger charge is 2.30. The van der Waals surface area contributed by atoms with Gasteiger partial charge in [0.25, 0.3) is 0 Å². The number of carbonyl (C=O) groups is 1. The summed E-state index contributed by atoms with van der Waals surface area (Å²) in [4.78, 5) is 12.4. The van der Waals surface area contributed by atoms with E-state index < -0.39 is 6.09 Å². The second kappa shape index (κ2) is 4.94. The molecular weight excluding hydrogens is 235 g/mol. The smallest absolute Gasteiger partial charge is 0.407 e. The van der Waals surface area contributed by atoms with Gasteiger partial charge < -0.3 is 15.7 Å². The highest BCUT2D eigenvalue weighted by atomic mass is 19.1. The molecule has 2 rings (SSSR count). The van der Waals surface area contributed by atoms with Crippen molar-refractivity contribution in [3.8, 4) is 0 Å². The maximum Gasteiger partial charge on any atom is 0.407 e. The average Bonchev–Trinajstić information content (AvgIpc) is 2.33. The molecule has 1 amide bonds. The number of halogens is 1.